The summed E-state index contributed by atoms with van der Waals surface area (Å²) < 4.78 is 33.6. The van der Waals surface area contributed by atoms with Crippen LogP contribution in [-0.2, 0) is 16.4 Å². The van der Waals surface area contributed by atoms with Crippen LogP contribution in [0.2, 0.25) is 0 Å². The first-order valence-electron chi connectivity index (χ1n) is 8.08. The number of aromatic nitrogens is 1. The minimum absolute atomic E-state index is 0.195. The zero-order chi connectivity index (χ0) is 18.6. The summed E-state index contributed by atoms with van der Waals surface area (Å²) in [4.78, 5) is 4.62. The molecule has 0 aliphatic heterocycles. The van der Waals surface area contributed by atoms with Gasteiger partial charge in [-0.25, -0.2) is 13.1 Å². The lowest BCUT2D eigenvalue weighted by Crippen LogP contribution is -2.30. The SMILES string of the molecule is COc1ccc(S(=O)(=O)N[C@@H](Cc2ccsc2)c2ccc(C)cn2)cc1. The standard InChI is InChI=1S/C19H20N2O3S2/c1-14-3-8-18(20-12-14)19(11-15-9-10-25-13-15)21-26(22,23)17-6-4-16(24-2)5-7-17/h3-10,12-13,19,21H,11H2,1-2H3/t19-/m0/s1. The number of ether oxygens (including phenoxy) is 1. The fourth-order valence-electron chi connectivity index (χ4n) is 2.55. The summed E-state index contributed by atoms with van der Waals surface area (Å²) in [6, 6.07) is 11.7. The van der Waals surface area contributed by atoms with Gasteiger partial charge in [0.05, 0.1) is 23.7 Å². The second-order valence-electron chi connectivity index (χ2n) is 5.95. The fourth-order valence-corrected chi connectivity index (χ4v) is 4.44. The van der Waals surface area contributed by atoms with Gasteiger partial charge < -0.3 is 4.74 Å². The van der Waals surface area contributed by atoms with Gasteiger partial charge in [0.15, 0.2) is 0 Å². The van der Waals surface area contributed by atoms with Gasteiger partial charge in [-0.2, -0.15) is 11.3 Å². The van der Waals surface area contributed by atoms with Crippen molar-refractivity contribution < 1.29 is 13.2 Å². The average molecular weight is 389 g/mol. The van der Waals surface area contributed by atoms with Gasteiger partial charge in [-0.05, 0) is 71.6 Å². The number of thiophene rings is 1. The lowest BCUT2D eigenvalue weighted by Gasteiger charge is -2.18. The number of hydrogen-bond acceptors (Lipinski definition) is 5. The van der Waals surface area contributed by atoms with Crippen molar-refractivity contribution in [3.63, 3.8) is 0 Å². The van der Waals surface area contributed by atoms with Crippen LogP contribution in [0.3, 0.4) is 0 Å². The Hall–Kier alpha value is -2.22. The van der Waals surface area contributed by atoms with E-state index in [0.717, 1.165) is 11.1 Å². The van der Waals surface area contributed by atoms with Crippen molar-refractivity contribution in [2.24, 2.45) is 0 Å². The van der Waals surface area contributed by atoms with Gasteiger partial charge in [0.25, 0.3) is 0 Å². The third-order valence-electron chi connectivity index (χ3n) is 3.98. The average Bonchev–Trinajstić information content (AvgIpc) is 3.15. The highest BCUT2D eigenvalue weighted by molar-refractivity contribution is 7.89. The zero-order valence-electron chi connectivity index (χ0n) is 14.5. The van der Waals surface area contributed by atoms with Crippen molar-refractivity contribution in [2.75, 3.05) is 7.11 Å². The molecule has 26 heavy (non-hydrogen) atoms. The van der Waals surface area contributed by atoms with Crippen LogP contribution in [0.25, 0.3) is 0 Å². The third kappa shape index (κ3) is 4.49. The van der Waals surface area contributed by atoms with Crippen LogP contribution in [0.4, 0.5) is 0 Å². The molecule has 0 unspecified atom stereocenters. The summed E-state index contributed by atoms with van der Waals surface area (Å²) in [7, 11) is -2.14. The Morgan fingerprint density at radius 3 is 2.50 bits per heavy atom. The van der Waals surface area contributed by atoms with Crippen LogP contribution in [0, 0.1) is 6.92 Å². The van der Waals surface area contributed by atoms with Gasteiger partial charge in [0.1, 0.15) is 5.75 Å². The molecule has 0 saturated carbocycles. The van der Waals surface area contributed by atoms with E-state index in [1.54, 1.807) is 36.8 Å². The molecular formula is C19H20N2O3S2. The summed E-state index contributed by atoms with van der Waals surface area (Å²) in [6.07, 6.45) is 2.28. The van der Waals surface area contributed by atoms with E-state index in [0.29, 0.717) is 17.9 Å². The van der Waals surface area contributed by atoms with Crippen LogP contribution in [0.1, 0.15) is 22.9 Å². The number of hydrogen-bond donors (Lipinski definition) is 1. The first kappa shape index (κ1) is 18.6. The third-order valence-corrected chi connectivity index (χ3v) is 6.20. The second-order valence-corrected chi connectivity index (χ2v) is 8.44. The molecule has 0 fully saturated rings. The zero-order valence-corrected chi connectivity index (χ0v) is 16.2. The quantitative estimate of drug-likeness (QED) is 0.670. The molecule has 2 heterocycles. The van der Waals surface area contributed by atoms with Gasteiger partial charge in [0.2, 0.25) is 10.0 Å². The molecule has 7 heteroatoms. The predicted octanol–water partition coefficient (Wildman–Crippen LogP) is 3.72. The van der Waals surface area contributed by atoms with Gasteiger partial charge in [0, 0.05) is 6.20 Å². The molecule has 1 aromatic carbocycles. The van der Waals surface area contributed by atoms with Gasteiger partial charge in [-0.1, -0.05) is 6.07 Å². The van der Waals surface area contributed by atoms with E-state index in [2.05, 4.69) is 9.71 Å². The summed E-state index contributed by atoms with van der Waals surface area (Å²) in [5.74, 6) is 0.610. The van der Waals surface area contributed by atoms with E-state index in [-0.39, 0.29) is 4.90 Å². The molecule has 0 aliphatic carbocycles. The summed E-state index contributed by atoms with van der Waals surface area (Å²) in [5, 5.41) is 4.00. The predicted molar refractivity (Wildman–Crippen MR) is 103 cm³/mol. The lowest BCUT2D eigenvalue weighted by molar-refractivity contribution is 0.414. The van der Waals surface area contributed by atoms with Crippen LogP contribution >= 0.6 is 11.3 Å². The number of methoxy groups -OCH3 is 1. The maximum Gasteiger partial charge on any atom is 0.241 e. The summed E-state index contributed by atoms with van der Waals surface area (Å²) in [6.45, 7) is 1.95. The number of nitrogens with zero attached hydrogens (tertiary/aromatic N) is 1. The smallest absolute Gasteiger partial charge is 0.241 e. The number of sulfonamides is 1. The van der Waals surface area contributed by atoms with Crippen molar-refractivity contribution in [1.29, 1.82) is 0 Å². The van der Waals surface area contributed by atoms with Crippen molar-refractivity contribution in [1.82, 2.24) is 9.71 Å². The van der Waals surface area contributed by atoms with Gasteiger partial charge >= 0.3 is 0 Å². The molecule has 0 bridgehead atoms. The molecule has 0 saturated heterocycles. The maximum atomic E-state index is 12.8. The number of aryl methyl sites for hydroxylation is 1. The van der Waals surface area contributed by atoms with E-state index < -0.39 is 16.1 Å². The molecular weight excluding hydrogens is 368 g/mol. The molecule has 1 N–H and O–H groups in total. The topological polar surface area (TPSA) is 68.3 Å². The monoisotopic (exact) mass is 388 g/mol. The Morgan fingerprint density at radius 2 is 1.92 bits per heavy atom. The highest BCUT2D eigenvalue weighted by Crippen LogP contribution is 2.23. The van der Waals surface area contributed by atoms with Gasteiger partial charge in [-0.15, -0.1) is 0 Å². The Kier molecular flexibility index (Phi) is 5.70. The number of pyridine rings is 1. The van der Waals surface area contributed by atoms with E-state index in [1.165, 1.54) is 12.1 Å². The van der Waals surface area contributed by atoms with Crippen molar-refractivity contribution >= 4 is 21.4 Å². The number of benzene rings is 1. The minimum Gasteiger partial charge on any atom is -0.497 e. The van der Waals surface area contributed by atoms with Crippen LogP contribution < -0.4 is 9.46 Å². The second kappa shape index (κ2) is 7.99. The van der Waals surface area contributed by atoms with Crippen LogP contribution in [0.15, 0.2) is 64.3 Å². The van der Waals surface area contributed by atoms with Crippen molar-refractivity contribution in [3.8, 4) is 5.75 Å². The molecule has 0 spiro atoms. The Morgan fingerprint density at radius 1 is 1.15 bits per heavy atom. The van der Waals surface area contributed by atoms with Gasteiger partial charge in [-0.3, -0.25) is 4.98 Å². The molecule has 5 nitrogen and oxygen atoms in total. The Balaban J connectivity index is 1.89. The maximum absolute atomic E-state index is 12.8. The van der Waals surface area contributed by atoms with E-state index in [9.17, 15) is 8.42 Å². The molecule has 0 amide bonds. The Bertz CT molecular complexity index is 935. The molecule has 0 radical (unpaired) electrons. The first-order chi connectivity index (χ1) is 12.5. The molecule has 136 valence electrons. The largest absolute Gasteiger partial charge is 0.497 e. The summed E-state index contributed by atoms with van der Waals surface area (Å²) >= 11 is 1.59. The fraction of sp³-hybridized carbons (Fsp3) is 0.211. The minimum atomic E-state index is -3.69. The highest BCUT2D eigenvalue weighted by atomic mass is 32.2. The van der Waals surface area contributed by atoms with Crippen molar-refractivity contribution in [3.05, 3.63) is 76.2 Å². The van der Waals surface area contributed by atoms with E-state index in [4.69, 9.17) is 4.74 Å². The number of rotatable bonds is 7. The summed E-state index contributed by atoms with van der Waals surface area (Å²) in [5.41, 5.74) is 2.79. The highest BCUT2D eigenvalue weighted by Gasteiger charge is 2.23. The number of nitrogens with one attached hydrogen (secondary N) is 1. The van der Waals surface area contributed by atoms with Crippen LogP contribution in [-0.4, -0.2) is 20.5 Å². The first-order valence-corrected chi connectivity index (χ1v) is 10.5. The van der Waals surface area contributed by atoms with Crippen molar-refractivity contribution in [2.45, 2.75) is 24.3 Å². The van der Waals surface area contributed by atoms with E-state index in [1.807, 2.05) is 35.9 Å². The normalized spacial score (nSPS) is 12.7. The molecule has 2 aromatic heterocycles. The van der Waals surface area contributed by atoms with E-state index >= 15 is 0 Å². The molecule has 3 aromatic rings. The molecule has 3 rings (SSSR count). The van der Waals surface area contributed by atoms with Crippen LogP contribution in [0.5, 0.6) is 5.75 Å². The Labute approximate surface area is 157 Å². The molecule has 1 atom stereocenters. The molecule has 0 aliphatic rings. The lowest BCUT2D eigenvalue weighted by atomic mass is 10.1.